The Labute approximate surface area is 180 Å². The first-order valence-electron chi connectivity index (χ1n) is 10.1. The number of hydrogen-bond acceptors (Lipinski definition) is 4. The lowest BCUT2D eigenvalue weighted by molar-refractivity contribution is -0.115. The zero-order valence-electron chi connectivity index (χ0n) is 17.5. The van der Waals surface area contributed by atoms with Gasteiger partial charge in [-0.2, -0.15) is 0 Å². The first-order chi connectivity index (χ1) is 15.0. The van der Waals surface area contributed by atoms with E-state index in [1.54, 1.807) is 24.3 Å². The molecule has 1 aromatic heterocycles. The number of carbonyl (C=O) groups is 2. The molecule has 0 radical (unpaired) electrons. The van der Waals surface area contributed by atoms with Crippen LogP contribution in [0.25, 0.3) is 11.1 Å². The van der Waals surface area contributed by atoms with Gasteiger partial charge in [0.25, 0.3) is 5.91 Å². The number of rotatable bonds is 8. The van der Waals surface area contributed by atoms with Crippen LogP contribution < -0.4 is 16.0 Å². The number of amides is 2. The van der Waals surface area contributed by atoms with Crippen LogP contribution >= 0.6 is 0 Å². The van der Waals surface area contributed by atoms with Gasteiger partial charge in [0, 0.05) is 30.9 Å². The van der Waals surface area contributed by atoms with Crippen LogP contribution in [0.4, 0.5) is 10.1 Å². The van der Waals surface area contributed by atoms with Crippen molar-refractivity contribution in [2.45, 2.75) is 19.9 Å². The molecule has 3 rings (SSSR count). The highest BCUT2D eigenvalue weighted by atomic mass is 19.1. The van der Waals surface area contributed by atoms with E-state index >= 15 is 0 Å². The summed E-state index contributed by atoms with van der Waals surface area (Å²) >= 11 is 0. The van der Waals surface area contributed by atoms with Gasteiger partial charge in [-0.3, -0.25) is 9.59 Å². The van der Waals surface area contributed by atoms with Crippen molar-refractivity contribution in [2.24, 2.45) is 0 Å². The fraction of sp³-hybridized carbons (Fsp3) is 0.208. The SMILES string of the molecule is CCc1cccc(-c2cnc(C(=O)NC)c(NC(=O)CNCc3ccccc3)c2)c1F. The Kier molecular flexibility index (Phi) is 7.45. The van der Waals surface area contributed by atoms with Crippen LogP contribution in [-0.2, 0) is 17.8 Å². The lowest BCUT2D eigenvalue weighted by Gasteiger charge is -2.13. The van der Waals surface area contributed by atoms with Gasteiger partial charge in [-0.05, 0) is 23.6 Å². The molecule has 0 fully saturated rings. The largest absolute Gasteiger partial charge is 0.354 e. The molecule has 0 aliphatic carbocycles. The number of aromatic nitrogens is 1. The summed E-state index contributed by atoms with van der Waals surface area (Å²) in [5.74, 6) is -1.11. The van der Waals surface area contributed by atoms with Crippen LogP contribution in [0.1, 0.15) is 28.5 Å². The quantitative estimate of drug-likeness (QED) is 0.521. The predicted molar refractivity (Wildman–Crippen MR) is 119 cm³/mol. The third-order valence-corrected chi connectivity index (χ3v) is 4.83. The Bertz CT molecular complexity index is 1070. The van der Waals surface area contributed by atoms with Gasteiger partial charge < -0.3 is 16.0 Å². The summed E-state index contributed by atoms with van der Waals surface area (Å²) in [6, 6.07) is 16.4. The summed E-state index contributed by atoms with van der Waals surface area (Å²) in [7, 11) is 1.48. The van der Waals surface area contributed by atoms with Gasteiger partial charge in [0.1, 0.15) is 5.82 Å². The van der Waals surface area contributed by atoms with Gasteiger partial charge in [-0.15, -0.1) is 0 Å². The zero-order valence-corrected chi connectivity index (χ0v) is 17.5. The topological polar surface area (TPSA) is 83.1 Å². The molecule has 2 amide bonds. The summed E-state index contributed by atoms with van der Waals surface area (Å²) in [5, 5.41) is 8.29. The maximum atomic E-state index is 14.8. The summed E-state index contributed by atoms with van der Waals surface area (Å²) in [4.78, 5) is 28.9. The molecule has 3 N–H and O–H groups in total. The number of aryl methyl sites for hydroxylation is 1. The highest BCUT2D eigenvalue weighted by Gasteiger charge is 2.17. The van der Waals surface area contributed by atoms with E-state index in [-0.39, 0.29) is 29.7 Å². The van der Waals surface area contributed by atoms with E-state index in [0.29, 0.717) is 29.7 Å². The molecule has 7 heteroatoms. The van der Waals surface area contributed by atoms with Crippen LogP contribution in [0.5, 0.6) is 0 Å². The second kappa shape index (κ2) is 10.4. The molecule has 160 valence electrons. The van der Waals surface area contributed by atoms with Crippen LogP contribution in [0, 0.1) is 5.82 Å². The molecular formula is C24H25FN4O2. The van der Waals surface area contributed by atoms with E-state index in [2.05, 4.69) is 20.9 Å². The number of carbonyl (C=O) groups excluding carboxylic acids is 2. The molecule has 0 bridgehead atoms. The molecule has 2 aromatic carbocycles. The third-order valence-electron chi connectivity index (χ3n) is 4.83. The van der Waals surface area contributed by atoms with Crippen molar-refractivity contribution in [3.8, 4) is 11.1 Å². The number of halogens is 1. The monoisotopic (exact) mass is 420 g/mol. The van der Waals surface area contributed by atoms with Gasteiger partial charge in [-0.25, -0.2) is 9.37 Å². The molecule has 6 nitrogen and oxygen atoms in total. The second-order valence-corrected chi connectivity index (χ2v) is 6.97. The number of nitrogens with zero attached hydrogens (tertiary/aromatic N) is 1. The Morgan fingerprint density at radius 3 is 2.55 bits per heavy atom. The van der Waals surface area contributed by atoms with Crippen LogP contribution in [-0.4, -0.2) is 30.4 Å². The van der Waals surface area contributed by atoms with Crippen molar-refractivity contribution < 1.29 is 14.0 Å². The molecule has 0 saturated heterocycles. The van der Waals surface area contributed by atoms with Crippen molar-refractivity contribution in [1.29, 1.82) is 0 Å². The van der Waals surface area contributed by atoms with E-state index < -0.39 is 5.91 Å². The molecule has 0 aliphatic rings. The molecular weight excluding hydrogens is 395 g/mol. The van der Waals surface area contributed by atoms with Crippen LogP contribution in [0.3, 0.4) is 0 Å². The number of pyridine rings is 1. The van der Waals surface area contributed by atoms with Crippen molar-refractivity contribution in [1.82, 2.24) is 15.6 Å². The standard InChI is InChI=1S/C24H25FN4O2/c1-3-17-10-7-11-19(22(17)25)18-12-20(23(28-14-18)24(31)26-2)29-21(30)15-27-13-16-8-5-4-6-9-16/h4-12,14,27H,3,13,15H2,1-2H3,(H,26,31)(H,29,30). The molecule has 0 spiro atoms. The highest BCUT2D eigenvalue weighted by molar-refractivity contribution is 6.03. The van der Waals surface area contributed by atoms with Gasteiger partial charge >= 0.3 is 0 Å². The van der Waals surface area contributed by atoms with E-state index in [0.717, 1.165) is 5.56 Å². The number of anilines is 1. The minimum absolute atomic E-state index is 0.0476. The lowest BCUT2D eigenvalue weighted by atomic mass is 10.0. The van der Waals surface area contributed by atoms with E-state index in [4.69, 9.17) is 0 Å². The summed E-state index contributed by atoms with van der Waals surface area (Å²) < 4.78 is 14.8. The fourth-order valence-electron chi connectivity index (χ4n) is 3.19. The number of nitrogens with one attached hydrogen (secondary N) is 3. The zero-order chi connectivity index (χ0) is 22.2. The van der Waals surface area contributed by atoms with Gasteiger partial charge in [0.05, 0.1) is 12.2 Å². The highest BCUT2D eigenvalue weighted by Crippen LogP contribution is 2.28. The Balaban J connectivity index is 1.81. The van der Waals surface area contributed by atoms with Crippen molar-refractivity contribution >= 4 is 17.5 Å². The Morgan fingerprint density at radius 2 is 1.84 bits per heavy atom. The fourth-order valence-corrected chi connectivity index (χ4v) is 3.19. The van der Waals surface area contributed by atoms with Gasteiger partial charge in [0.2, 0.25) is 5.91 Å². The molecule has 3 aromatic rings. The average Bonchev–Trinajstić information content (AvgIpc) is 2.79. The molecule has 0 unspecified atom stereocenters. The Hall–Kier alpha value is -3.58. The average molecular weight is 420 g/mol. The number of benzene rings is 2. The molecule has 0 atom stereocenters. The van der Waals surface area contributed by atoms with Crippen molar-refractivity contribution in [3.05, 3.63) is 83.4 Å². The lowest BCUT2D eigenvalue weighted by Crippen LogP contribution is -2.29. The van der Waals surface area contributed by atoms with Crippen LogP contribution in [0.2, 0.25) is 0 Å². The molecule has 0 aliphatic heterocycles. The maximum absolute atomic E-state index is 14.8. The summed E-state index contributed by atoms with van der Waals surface area (Å²) in [5.41, 5.74) is 2.78. The summed E-state index contributed by atoms with van der Waals surface area (Å²) in [6.07, 6.45) is 1.99. The van der Waals surface area contributed by atoms with Crippen molar-refractivity contribution in [3.63, 3.8) is 0 Å². The molecule has 31 heavy (non-hydrogen) atoms. The molecule has 0 saturated carbocycles. The van der Waals surface area contributed by atoms with Crippen molar-refractivity contribution in [2.75, 3.05) is 18.9 Å². The number of hydrogen-bond donors (Lipinski definition) is 3. The smallest absolute Gasteiger partial charge is 0.271 e. The first kappa shape index (κ1) is 22.1. The minimum atomic E-state index is -0.443. The maximum Gasteiger partial charge on any atom is 0.271 e. The van der Waals surface area contributed by atoms with E-state index in [9.17, 15) is 14.0 Å². The van der Waals surface area contributed by atoms with E-state index in [1.165, 1.54) is 13.2 Å². The first-order valence-corrected chi connectivity index (χ1v) is 10.1. The normalized spacial score (nSPS) is 10.5. The van der Waals surface area contributed by atoms with Gasteiger partial charge in [-0.1, -0.05) is 55.5 Å². The molecule has 1 heterocycles. The second-order valence-electron chi connectivity index (χ2n) is 6.97. The minimum Gasteiger partial charge on any atom is -0.354 e. The van der Waals surface area contributed by atoms with Crippen LogP contribution in [0.15, 0.2) is 60.8 Å². The van der Waals surface area contributed by atoms with E-state index in [1.807, 2.05) is 37.3 Å². The third kappa shape index (κ3) is 5.52. The Morgan fingerprint density at radius 1 is 1.06 bits per heavy atom. The van der Waals surface area contributed by atoms with Gasteiger partial charge in [0.15, 0.2) is 5.69 Å². The predicted octanol–water partition coefficient (Wildman–Crippen LogP) is 3.54. The summed E-state index contributed by atoms with van der Waals surface area (Å²) in [6.45, 7) is 2.46.